The molecule has 0 bridgehead atoms. The third-order valence-electron chi connectivity index (χ3n) is 13.5. The molecule has 0 heterocycles. The van der Waals surface area contributed by atoms with Crippen LogP contribution in [0.4, 0.5) is 0 Å². The Morgan fingerprint density at radius 2 is 1.24 bits per heavy atom. The van der Waals surface area contributed by atoms with Crippen molar-refractivity contribution in [2.45, 2.75) is 115 Å². The maximum atomic E-state index is 10.4. The zero-order valence-corrected chi connectivity index (χ0v) is 28.1. The van der Waals surface area contributed by atoms with Crippen molar-refractivity contribution in [3.8, 4) is 11.5 Å². The van der Waals surface area contributed by atoms with Crippen LogP contribution in [-0.2, 0) is 12.8 Å². The minimum atomic E-state index is -0.101. The van der Waals surface area contributed by atoms with Crippen molar-refractivity contribution < 1.29 is 20.4 Å². The summed E-state index contributed by atoms with van der Waals surface area (Å²) in [5, 5.41) is 40.7. The summed E-state index contributed by atoms with van der Waals surface area (Å²) in [4.78, 5) is 0. The summed E-state index contributed by atoms with van der Waals surface area (Å²) in [7, 11) is 0. The van der Waals surface area contributed by atoms with Crippen LogP contribution in [-0.4, -0.2) is 32.6 Å². The number of halogens is 2. The van der Waals surface area contributed by atoms with Gasteiger partial charge < -0.3 is 20.4 Å². The van der Waals surface area contributed by atoms with Crippen LogP contribution in [0.15, 0.2) is 33.2 Å². The molecule has 0 spiro atoms. The normalized spacial score (nSPS) is 41.3. The average molecular weight is 703 g/mol. The minimum Gasteiger partial charge on any atom is -0.507 e. The smallest absolute Gasteiger partial charge is 0.130 e. The van der Waals surface area contributed by atoms with Gasteiger partial charge in [-0.25, -0.2) is 0 Å². The van der Waals surface area contributed by atoms with E-state index in [1.54, 1.807) is 0 Å². The van der Waals surface area contributed by atoms with Gasteiger partial charge in [-0.1, -0.05) is 19.9 Å². The van der Waals surface area contributed by atoms with E-state index >= 15 is 0 Å². The molecule has 6 heteroatoms. The zero-order chi connectivity index (χ0) is 29.6. The number of aliphatic hydroxyl groups excluding tert-OH is 2. The molecule has 42 heavy (non-hydrogen) atoms. The van der Waals surface area contributed by atoms with Crippen molar-refractivity contribution in [3.05, 3.63) is 55.5 Å². The van der Waals surface area contributed by atoms with Crippen molar-refractivity contribution in [1.82, 2.24) is 0 Å². The molecule has 0 aliphatic heterocycles. The lowest BCUT2D eigenvalue weighted by Crippen LogP contribution is -2.43. The maximum absolute atomic E-state index is 10.4. The molecule has 228 valence electrons. The Bertz CT molecular complexity index is 1340. The van der Waals surface area contributed by atoms with E-state index in [-0.39, 0.29) is 23.0 Å². The van der Waals surface area contributed by atoms with Crippen LogP contribution in [0.25, 0.3) is 0 Å². The first-order valence-corrected chi connectivity index (χ1v) is 18.0. The molecule has 0 saturated heterocycles. The Balaban J connectivity index is 0.000000137. The van der Waals surface area contributed by atoms with Gasteiger partial charge in [0.1, 0.15) is 11.5 Å². The predicted molar refractivity (Wildman–Crippen MR) is 173 cm³/mol. The van der Waals surface area contributed by atoms with Crippen LogP contribution >= 0.6 is 31.9 Å². The fraction of sp³-hybridized carbons (Fsp3) is 0.667. The van der Waals surface area contributed by atoms with E-state index in [0.29, 0.717) is 47.0 Å². The van der Waals surface area contributed by atoms with Gasteiger partial charge in [-0.05, 0) is 196 Å². The fourth-order valence-electron chi connectivity index (χ4n) is 11.1. The molecule has 4 nitrogen and oxygen atoms in total. The Labute approximate surface area is 267 Å². The molecule has 6 aliphatic rings. The summed E-state index contributed by atoms with van der Waals surface area (Å²) in [6.07, 6.45) is 13.3. The van der Waals surface area contributed by atoms with E-state index < -0.39 is 0 Å². The average Bonchev–Trinajstić information content (AvgIpc) is 3.46. The summed E-state index contributed by atoms with van der Waals surface area (Å²) in [6, 6.07) is 8.07. The summed E-state index contributed by atoms with van der Waals surface area (Å²) in [5.41, 5.74) is 5.83. The fourth-order valence-corrected chi connectivity index (χ4v) is 12.1. The van der Waals surface area contributed by atoms with E-state index in [2.05, 4.69) is 57.8 Å². The SMILES string of the molecule is C[C@]12CC[C@@H]3c4cc(Br)c(O)cc4CC[C@H]3[C@@H]1CCC2O.C[C@]12CC[C@@H]3c4ccc(O)c(Br)c4CC[C@H]3[C@@H]1CCC2O. The van der Waals surface area contributed by atoms with E-state index in [0.717, 1.165) is 47.5 Å². The second-order valence-corrected chi connectivity index (χ2v) is 16.7. The van der Waals surface area contributed by atoms with E-state index in [9.17, 15) is 20.4 Å². The molecule has 10 atom stereocenters. The molecule has 4 saturated carbocycles. The Morgan fingerprint density at radius 1 is 0.667 bits per heavy atom. The number of benzene rings is 2. The van der Waals surface area contributed by atoms with Gasteiger partial charge in [-0.15, -0.1) is 0 Å². The number of hydrogen-bond acceptors (Lipinski definition) is 4. The van der Waals surface area contributed by atoms with Crippen LogP contribution in [0.3, 0.4) is 0 Å². The monoisotopic (exact) mass is 700 g/mol. The molecular weight excluding hydrogens is 656 g/mol. The number of rotatable bonds is 0. The largest absolute Gasteiger partial charge is 0.507 e. The molecule has 8 rings (SSSR count). The molecule has 2 aromatic carbocycles. The van der Waals surface area contributed by atoms with E-state index in [1.807, 2.05) is 12.1 Å². The van der Waals surface area contributed by atoms with Gasteiger partial charge in [0.05, 0.1) is 21.2 Å². The third-order valence-corrected chi connectivity index (χ3v) is 15.0. The quantitative estimate of drug-likeness (QED) is 0.222. The maximum Gasteiger partial charge on any atom is 0.130 e. The second kappa shape index (κ2) is 10.8. The molecule has 6 aliphatic carbocycles. The van der Waals surface area contributed by atoms with Crippen molar-refractivity contribution in [3.63, 3.8) is 0 Å². The molecule has 0 radical (unpaired) electrons. The number of phenols is 2. The summed E-state index contributed by atoms with van der Waals surface area (Å²) >= 11 is 7.05. The van der Waals surface area contributed by atoms with Crippen LogP contribution in [0.5, 0.6) is 11.5 Å². The molecule has 4 fully saturated rings. The highest BCUT2D eigenvalue weighted by molar-refractivity contribution is 9.11. The first-order valence-electron chi connectivity index (χ1n) is 16.4. The van der Waals surface area contributed by atoms with Gasteiger partial charge in [-0.3, -0.25) is 0 Å². The molecule has 4 N–H and O–H groups in total. The van der Waals surface area contributed by atoms with Crippen LogP contribution < -0.4 is 0 Å². The van der Waals surface area contributed by atoms with Crippen LogP contribution in [0.2, 0.25) is 0 Å². The van der Waals surface area contributed by atoms with Gasteiger partial charge in [0.2, 0.25) is 0 Å². The predicted octanol–water partition coefficient (Wildman–Crippen LogP) is 8.74. The number of hydrogen-bond donors (Lipinski definition) is 4. The standard InChI is InChI=1S/2C18H23BrO2/c1-18-9-8-11-10-4-6-15(20)17(19)13(10)3-2-12(11)14(18)5-7-16(18)21;1-18-7-6-11-12(14(18)4-5-17(18)21)3-2-10-8-16(20)15(19)9-13(10)11/h4,6,11-12,14,16,20-21H,2-3,5,7-9H2,1H3;8-9,11-12,14,17,20-21H,2-7H2,1H3/t11-,12-,14+,16?,18+;11-,12+,14-,17?,18-/m10/s1. The van der Waals surface area contributed by atoms with E-state index in [4.69, 9.17) is 0 Å². The first kappa shape index (κ1) is 29.6. The molecule has 0 amide bonds. The molecule has 0 aromatic heterocycles. The van der Waals surface area contributed by atoms with Gasteiger partial charge in [0.25, 0.3) is 0 Å². The summed E-state index contributed by atoms with van der Waals surface area (Å²) in [6.45, 7) is 4.63. The first-order chi connectivity index (χ1) is 20.0. The lowest BCUT2D eigenvalue weighted by Gasteiger charge is -2.50. The zero-order valence-electron chi connectivity index (χ0n) is 25.0. The number of aryl methyl sites for hydroxylation is 1. The van der Waals surface area contributed by atoms with Gasteiger partial charge >= 0.3 is 0 Å². The molecule has 2 unspecified atom stereocenters. The Kier molecular flexibility index (Phi) is 7.60. The summed E-state index contributed by atoms with van der Waals surface area (Å²) < 4.78 is 1.72. The van der Waals surface area contributed by atoms with Crippen molar-refractivity contribution in [2.24, 2.45) is 34.5 Å². The summed E-state index contributed by atoms with van der Waals surface area (Å²) in [5.74, 6) is 4.74. The second-order valence-electron chi connectivity index (χ2n) is 15.1. The van der Waals surface area contributed by atoms with Crippen molar-refractivity contribution in [1.29, 1.82) is 0 Å². The van der Waals surface area contributed by atoms with Crippen LogP contribution in [0.1, 0.15) is 112 Å². The topological polar surface area (TPSA) is 80.9 Å². The number of phenolic OH excluding ortho intramolecular Hbond substituents is 2. The van der Waals surface area contributed by atoms with E-state index in [1.165, 1.54) is 60.8 Å². The lowest BCUT2D eigenvalue weighted by molar-refractivity contribution is -0.0226. The van der Waals surface area contributed by atoms with Crippen molar-refractivity contribution >= 4 is 31.9 Å². The molecular formula is C36H46Br2O4. The highest BCUT2D eigenvalue weighted by Gasteiger charge is 2.55. The lowest BCUT2D eigenvalue weighted by atomic mass is 9.55. The molecule has 2 aromatic rings. The Morgan fingerprint density at radius 3 is 1.86 bits per heavy atom. The number of aliphatic hydroxyl groups is 2. The minimum absolute atomic E-state index is 0.101. The highest BCUT2D eigenvalue weighted by Crippen LogP contribution is 2.62. The van der Waals surface area contributed by atoms with Gasteiger partial charge in [0, 0.05) is 0 Å². The van der Waals surface area contributed by atoms with Gasteiger partial charge in [0.15, 0.2) is 0 Å². The highest BCUT2D eigenvalue weighted by atomic mass is 79.9. The van der Waals surface area contributed by atoms with Crippen molar-refractivity contribution in [2.75, 3.05) is 0 Å². The number of fused-ring (bicyclic) bond motifs is 10. The third kappa shape index (κ3) is 4.47. The van der Waals surface area contributed by atoms with Gasteiger partial charge in [-0.2, -0.15) is 0 Å². The Hall–Kier alpha value is -1.08. The van der Waals surface area contributed by atoms with Crippen LogP contribution in [0, 0.1) is 34.5 Å². The number of aromatic hydroxyl groups is 2.